The van der Waals surface area contributed by atoms with E-state index in [0.29, 0.717) is 12.2 Å². The molecular formula is C23H25N3OS. The summed E-state index contributed by atoms with van der Waals surface area (Å²) in [6.07, 6.45) is 0.432. The summed E-state index contributed by atoms with van der Waals surface area (Å²) in [5.41, 5.74) is 6.29. The number of nitrogens with one attached hydrogen (secondary N) is 1. The number of anilines is 1. The van der Waals surface area contributed by atoms with E-state index >= 15 is 0 Å². The average molecular weight is 392 g/mol. The van der Waals surface area contributed by atoms with Crippen LogP contribution in [0.15, 0.2) is 53.6 Å². The molecular weight excluding hydrogens is 366 g/mol. The minimum Gasteiger partial charge on any atom is -0.326 e. The van der Waals surface area contributed by atoms with E-state index in [1.54, 1.807) is 11.8 Å². The number of nitrogens with zero attached hydrogens (tertiary/aromatic N) is 2. The van der Waals surface area contributed by atoms with Gasteiger partial charge in [-0.25, -0.2) is 9.97 Å². The summed E-state index contributed by atoms with van der Waals surface area (Å²) in [4.78, 5) is 21.4. The lowest BCUT2D eigenvalue weighted by molar-refractivity contribution is -0.115. The van der Waals surface area contributed by atoms with Gasteiger partial charge in [0.15, 0.2) is 0 Å². The van der Waals surface area contributed by atoms with Crippen LogP contribution < -0.4 is 5.32 Å². The standard InChI is InChI=1S/C23H25N3OS/c1-15-12-16(2)23(17(3)13-15)26-21(27)10-11-28-22-14-20(24-18(4)25-22)19-8-6-5-7-9-19/h5-9,12-14H,10-11H2,1-4H3,(H,26,27). The Kier molecular flexibility index (Phi) is 6.47. The van der Waals surface area contributed by atoms with Crippen LogP contribution in [0.5, 0.6) is 0 Å². The fraction of sp³-hybridized carbons (Fsp3) is 0.261. The minimum absolute atomic E-state index is 0.0246. The van der Waals surface area contributed by atoms with Gasteiger partial charge in [0.25, 0.3) is 0 Å². The second-order valence-electron chi connectivity index (χ2n) is 6.93. The van der Waals surface area contributed by atoms with Crippen molar-refractivity contribution < 1.29 is 4.79 Å². The zero-order valence-corrected chi connectivity index (χ0v) is 17.6. The van der Waals surface area contributed by atoms with Crippen molar-refractivity contribution in [3.05, 3.63) is 71.0 Å². The molecule has 144 valence electrons. The summed E-state index contributed by atoms with van der Waals surface area (Å²) < 4.78 is 0. The van der Waals surface area contributed by atoms with Crippen molar-refractivity contribution in [1.29, 1.82) is 0 Å². The van der Waals surface area contributed by atoms with E-state index in [2.05, 4.69) is 34.3 Å². The lowest BCUT2D eigenvalue weighted by Gasteiger charge is -2.13. The van der Waals surface area contributed by atoms with Gasteiger partial charge in [-0.15, -0.1) is 11.8 Å². The Bertz CT molecular complexity index is 963. The quantitative estimate of drug-likeness (QED) is 0.445. The molecule has 1 amide bonds. The zero-order valence-electron chi connectivity index (χ0n) is 16.7. The Morgan fingerprint density at radius 2 is 1.64 bits per heavy atom. The molecule has 4 nitrogen and oxygen atoms in total. The maximum Gasteiger partial charge on any atom is 0.225 e. The smallest absolute Gasteiger partial charge is 0.225 e. The van der Waals surface area contributed by atoms with Crippen LogP contribution in [-0.4, -0.2) is 21.6 Å². The van der Waals surface area contributed by atoms with Gasteiger partial charge >= 0.3 is 0 Å². The largest absolute Gasteiger partial charge is 0.326 e. The predicted molar refractivity (Wildman–Crippen MR) is 117 cm³/mol. The molecule has 0 aliphatic heterocycles. The van der Waals surface area contributed by atoms with Crippen LogP contribution in [0.25, 0.3) is 11.3 Å². The van der Waals surface area contributed by atoms with Crippen LogP contribution in [0.4, 0.5) is 5.69 Å². The maximum absolute atomic E-state index is 12.4. The Morgan fingerprint density at radius 1 is 0.964 bits per heavy atom. The van der Waals surface area contributed by atoms with Gasteiger partial charge in [-0.2, -0.15) is 0 Å². The van der Waals surface area contributed by atoms with Gasteiger partial charge in [-0.1, -0.05) is 48.0 Å². The molecule has 0 radical (unpaired) electrons. The summed E-state index contributed by atoms with van der Waals surface area (Å²) in [5.74, 6) is 1.43. The average Bonchev–Trinajstić information content (AvgIpc) is 2.65. The van der Waals surface area contributed by atoms with Crippen molar-refractivity contribution in [2.45, 2.75) is 39.1 Å². The molecule has 0 aliphatic carbocycles. The first-order chi connectivity index (χ1) is 13.4. The third-order valence-corrected chi connectivity index (χ3v) is 5.32. The fourth-order valence-corrected chi connectivity index (χ4v) is 4.09. The molecule has 0 spiro atoms. The summed E-state index contributed by atoms with van der Waals surface area (Å²) >= 11 is 1.58. The fourth-order valence-electron chi connectivity index (χ4n) is 3.20. The van der Waals surface area contributed by atoms with Gasteiger partial charge in [0, 0.05) is 23.4 Å². The Labute approximate surface area is 170 Å². The Balaban J connectivity index is 1.61. The van der Waals surface area contributed by atoms with Gasteiger partial charge in [0.2, 0.25) is 5.91 Å². The Morgan fingerprint density at radius 3 is 2.32 bits per heavy atom. The maximum atomic E-state index is 12.4. The molecule has 3 aromatic rings. The molecule has 1 aromatic heterocycles. The van der Waals surface area contributed by atoms with Crippen molar-refractivity contribution in [3.63, 3.8) is 0 Å². The topological polar surface area (TPSA) is 54.9 Å². The van der Waals surface area contributed by atoms with Crippen molar-refractivity contribution in [2.75, 3.05) is 11.1 Å². The van der Waals surface area contributed by atoms with Crippen LogP contribution >= 0.6 is 11.8 Å². The first kappa shape index (κ1) is 20.1. The third-order valence-electron chi connectivity index (χ3n) is 4.40. The van der Waals surface area contributed by atoms with E-state index in [9.17, 15) is 4.79 Å². The number of carbonyl (C=O) groups is 1. The highest BCUT2D eigenvalue weighted by Crippen LogP contribution is 2.25. The molecule has 0 unspecified atom stereocenters. The molecule has 1 heterocycles. The van der Waals surface area contributed by atoms with Gasteiger partial charge in [-0.05, 0) is 44.9 Å². The Hall–Kier alpha value is -2.66. The number of amides is 1. The molecule has 1 N–H and O–H groups in total. The minimum atomic E-state index is 0.0246. The van der Waals surface area contributed by atoms with E-state index < -0.39 is 0 Å². The van der Waals surface area contributed by atoms with Crippen LogP contribution in [0.3, 0.4) is 0 Å². The van der Waals surface area contributed by atoms with E-state index in [-0.39, 0.29) is 5.91 Å². The number of rotatable bonds is 6. The van der Waals surface area contributed by atoms with Crippen molar-refractivity contribution >= 4 is 23.4 Å². The van der Waals surface area contributed by atoms with E-state index in [0.717, 1.165) is 38.9 Å². The SMILES string of the molecule is Cc1cc(C)c(NC(=O)CCSc2cc(-c3ccccc3)nc(C)n2)c(C)c1. The highest BCUT2D eigenvalue weighted by molar-refractivity contribution is 7.99. The first-order valence-corrected chi connectivity index (χ1v) is 10.3. The number of aryl methyl sites for hydroxylation is 4. The van der Waals surface area contributed by atoms with Crippen molar-refractivity contribution in [2.24, 2.45) is 0 Å². The molecule has 28 heavy (non-hydrogen) atoms. The molecule has 0 fully saturated rings. The van der Waals surface area contributed by atoms with E-state index in [1.165, 1.54) is 5.56 Å². The normalized spacial score (nSPS) is 10.7. The molecule has 0 aliphatic rings. The third kappa shape index (κ3) is 5.20. The van der Waals surface area contributed by atoms with Gasteiger partial charge in [0.1, 0.15) is 10.9 Å². The van der Waals surface area contributed by atoms with Gasteiger partial charge in [-0.3, -0.25) is 4.79 Å². The molecule has 5 heteroatoms. The van der Waals surface area contributed by atoms with Crippen LogP contribution in [0.2, 0.25) is 0 Å². The van der Waals surface area contributed by atoms with Crippen LogP contribution in [0, 0.1) is 27.7 Å². The number of carbonyl (C=O) groups excluding carboxylic acids is 1. The summed E-state index contributed by atoms with van der Waals surface area (Å²) in [6.45, 7) is 8.01. The molecule has 0 atom stereocenters. The summed E-state index contributed by atoms with van der Waals surface area (Å²) in [7, 11) is 0. The van der Waals surface area contributed by atoms with E-state index in [4.69, 9.17) is 0 Å². The highest BCUT2D eigenvalue weighted by Gasteiger charge is 2.10. The lowest BCUT2D eigenvalue weighted by atomic mass is 10.1. The zero-order chi connectivity index (χ0) is 20.1. The summed E-state index contributed by atoms with van der Waals surface area (Å²) in [6, 6.07) is 16.2. The number of hydrogen-bond acceptors (Lipinski definition) is 4. The predicted octanol–water partition coefficient (Wildman–Crippen LogP) is 5.50. The second kappa shape index (κ2) is 9.02. The van der Waals surface area contributed by atoms with E-state index in [1.807, 2.05) is 57.2 Å². The number of hydrogen-bond donors (Lipinski definition) is 1. The van der Waals surface area contributed by atoms with Crippen LogP contribution in [0.1, 0.15) is 28.9 Å². The molecule has 2 aromatic carbocycles. The monoisotopic (exact) mass is 391 g/mol. The van der Waals surface area contributed by atoms with Gasteiger partial charge < -0.3 is 5.32 Å². The van der Waals surface area contributed by atoms with Crippen molar-refractivity contribution in [3.8, 4) is 11.3 Å². The summed E-state index contributed by atoms with van der Waals surface area (Å²) in [5, 5.41) is 3.95. The molecule has 0 saturated carbocycles. The second-order valence-corrected chi connectivity index (χ2v) is 8.04. The number of benzene rings is 2. The molecule has 0 saturated heterocycles. The number of aromatic nitrogens is 2. The molecule has 0 bridgehead atoms. The first-order valence-electron chi connectivity index (χ1n) is 9.34. The number of thioether (sulfide) groups is 1. The lowest BCUT2D eigenvalue weighted by Crippen LogP contribution is -2.14. The van der Waals surface area contributed by atoms with Gasteiger partial charge in [0.05, 0.1) is 5.69 Å². The van der Waals surface area contributed by atoms with Crippen LogP contribution in [-0.2, 0) is 4.79 Å². The molecule has 3 rings (SSSR count). The van der Waals surface area contributed by atoms with Crippen molar-refractivity contribution in [1.82, 2.24) is 9.97 Å². The highest BCUT2D eigenvalue weighted by atomic mass is 32.2.